The third-order valence-electron chi connectivity index (χ3n) is 5.40. The second-order valence-corrected chi connectivity index (χ2v) is 8.37. The average Bonchev–Trinajstić information content (AvgIpc) is 3.13. The number of para-hydroxylation sites is 1. The van der Waals surface area contributed by atoms with Crippen molar-refractivity contribution in [3.8, 4) is 0 Å². The number of aromatic nitrogens is 4. The number of nitrogens with one attached hydrogen (secondary N) is 1. The van der Waals surface area contributed by atoms with Gasteiger partial charge in [0.15, 0.2) is 10.8 Å². The first-order chi connectivity index (χ1) is 14.0. The molecule has 0 radical (unpaired) electrons. The van der Waals surface area contributed by atoms with Gasteiger partial charge in [-0.15, -0.1) is 10.2 Å². The van der Waals surface area contributed by atoms with Crippen molar-refractivity contribution in [2.45, 2.75) is 31.7 Å². The zero-order valence-corrected chi connectivity index (χ0v) is 17.3. The van der Waals surface area contributed by atoms with Crippen LogP contribution in [0.5, 0.6) is 0 Å². The van der Waals surface area contributed by atoms with Crippen molar-refractivity contribution < 1.29 is 0 Å². The van der Waals surface area contributed by atoms with Crippen LogP contribution >= 0.6 is 11.8 Å². The number of pyridine rings is 2. The fourth-order valence-corrected chi connectivity index (χ4v) is 4.87. The molecule has 5 aromatic rings. The topological polar surface area (TPSA) is 63.0 Å². The van der Waals surface area contributed by atoms with E-state index < -0.39 is 0 Å². The third kappa shape index (κ3) is 2.91. The first-order valence-corrected chi connectivity index (χ1v) is 10.5. The molecule has 1 N–H and O–H groups in total. The predicted octanol–water partition coefficient (Wildman–Crippen LogP) is 4.94. The number of rotatable bonds is 3. The van der Waals surface area contributed by atoms with Crippen LogP contribution in [-0.2, 0) is 5.75 Å². The summed E-state index contributed by atoms with van der Waals surface area (Å²) in [5.41, 5.74) is 7.33. The van der Waals surface area contributed by atoms with Gasteiger partial charge in [-0.25, -0.2) is 0 Å². The molecule has 144 valence electrons. The van der Waals surface area contributed by atoms with Crippen LogP contribution in [0.3, 0.4) is 0 Å². The Morgan fingerprint density at radius 1 is 0.931 bits per heavy atom. The summed E-state index contributed by atoms with van der Waals surface area (Å²) in [5.74, 6) is 0.644. The third-order valence-corrected chi connectivity index (χ3v) is 6.38. The highest BCUT2D eigenvalue weighted by molar-refractivity contribution is 7.98. The molecule has 0 saturated heterocycles. The molecule has 5 rings (SSSR count). The Morgan fingerprint density at radius 3 is 2.59 bits per heavy atom. The molecule has 0 spiro atoms. The summed E-state index contributed by atoms with van der Waals surface area (Å²) >= 11 is 1.61. The van der Waals surface area contributed by atoms with Gasteiger partial charge in [0, 0.05) is 28.1 Å². The molecule has 3 heterocycles. The lowest BCUT2D eigenvalue weighted by Gasteiger charge is -2.12. The maximum atomic E-state index is 12.1. The van der Waals surface area contributed by atoms with Crippen molar-refractivity contribution in [2.75, 3.05) is 0 Å². The van der Waals surface area contributed by atoms with Crippen LogP contribution in [0.2, 0.25) is 0 Å². The minimum atomic E-state index is -0.0850. The summed E-state index contributed by atoms with van der Waals surface area (Å²) in [5, 5.41) is 12.1. The van der Waals surface area contributed by atoms with Crippen molar-refractivity contribution >= 4 is 39.2 Å². The first-order valence-electron chi connectivity index (χ1n) is 9.51. The van der Waals surface area contributed by atoms with Crippen LogP contribution in [0.25, 0.3) is 27.5 Å². The molecule has 0 unspecified atom stereocenters. The van der Waals surface area contributed by atoms with E-state index in [1.165, 1.54) is 16.5 Å². The lowest BCUT2D eigenvalue weighted by molar-refractivity contribution is 0.938. The van der Waals surface area contributed by atoms with Gasteiger partial charge in [-0.1, -0.05) is 42.1 Å². The van der Waals surface area contributed by atoms with Crippen molar-refractivity contribution in [3.05, 3.63) is 81.1 Å². The molecule has 6 heteroatoms. The Kier molecular flexibility index (Phi) is 4.17. The second kappa shape index (κ2) is 6.74. The number of thioether (sulfide) groups is 1. The maximum Gasteiger partial charge on any atom is 0.248 e. The zero-order valence-electron chi connectivity index (χ0n) is 16.5. The quantitative estimate of drug-likeness (QED) is 0.436. The molecule has 0 aliphatic rings. The van der Waals surface area contributed by atoms with E-state index in [1.807, 2.05) is 24.3 Å². The van der Waals surface area contributed by atoms with Gasteiger partial charge in [-0.3, -0.25) is 9.20 Å². The highest BCUT2D eigenvalue weighted by Crippen LogP contribution is 2.31. The molecule has 5 nitrogen and oxygen atoms in total. The Balaban J connectivity index is 1.66. The summed E-state index contributed by atoms with van der Waals surface area (Å²) in [6.45, 7) is 6.33. The zero-order chi connectivity index (χ0) is 20.1. The predicted molar refractivity (Wildman–Crippen MR) is 119 cm³/mol. The average molecular weight is 401 g/mol. The van der Waals surface area contributed by atoms with Gasteiger partial charge in [0.1, 0.15) is 0 Å². The fraction of sp³-hybridized carbons (Fsp3) is 0.174. The van der Waals surface area contributed by atoms with Crippen LogP contribution in [0, 0.1) is 20.8 Å². The highest BCUT2D eigenvalue weighted by atomic mass is 32.2. The Labute approximate surface area is 171 Å². The number of nitrogens with zero attached hydrogens (tertiary/aromatic N) is 3. The van der Waals surface area contributed by atoms with Crippen LogP contribution in [0.4, 0.5) is 0 Å². The Morgan fingerprint density at radius 2 is 1.72 bits per heavy atom. The summed E-state index contributed by atoms with van der Waals surface area (Å²) in [7, 11) is 0. The lowest BCUT2D eigenvalue weighted by Crippen LogP contribution is -2.06. The Hall–Kier alpha value is -3.12. The number of aryl methyl sites for hydroxylation is 3. The van der Waals surface area contributed by atoms with Crippen molar-refractivity contribution in [1.29, 1.82) is 0 Å². The van der Waals surface area contributed by atoms with Gasteiger partial charge in [-0.2, -0.15) is 0 Å². The monoisotopic (exact) mass is 400 g/mol. The highest BCUT2D eigenvalue weighted by Gasteiger charge is 2.15. The molecule has 0 bridgehead atoms. The van der Waals surface area contributed by atoms with Crippen molar-refractivity contribution in [3.63, 3.8) is 0 Å². The summed E-state index contributed by atoms with van der Waals surface area (Å²) in [4.78, 5) is 15.0. The minimum absolute atomic E-state index is 0.0850. The summed E-state index contributed by atoms with van der Waals surface area (Å²) < 4.78 is 2.16. The molecule has 0 fully saturated rings. The van der Waals surface area contributed by atoms with E-state index in [0.29, 0.717) is 5.75 Å². The minimum Gasteiger partial charge on any atom is -0.322 e. The molecule has 0 aliphatic carbocycles. The molecule has 29 heavy (non-hydrogen) atoms. The fourth-order valence-electron chi connectivity index (χ4n) is 3.94. The number of hydrogen-bond acceptors (Lipinski definition) is 4. The van der Waals surface area contributed by atoms with Crippen LogP contribution in [0.1, 0.15) is 22.3 Å². The largest absolute Gasteiger partial charge is 0.322 e. The van der Waals surface area contributed by atoms with Crippen LogP contribution in [-0.4, -0.2) is 19.6 Å². The van der Waals surface area contributed by atoms with Gasteiger partial charge in [0.2, 0.25) is 5.56 Å². The molecule has 0 saturated carbocycles. The van der Waals surface area contributed by atoms with Gasteiger partial charge >= 0.3 is 0 Å². The molecular weight excluding hydrogens is 380 g/mol. The molecule has 0 atom stereocenters. The maximum absolute atomic E-state index is 12.1. The number of hydrogen-bond donors (Lipinski definition) is 1. The number of H-pyrrole nitrogens is 1. The van der Waals surface area contributed by atoms with E-state index in [9.17, 15) is 4.79 Å². The molecule has 2 aromatic carbocycles. The van der Waals surface area contributed by atoms with E-state index in [-0.39, 0.29) is 5.56 Å². The van der Waals surface area contributed by atoms with E-state index in [2.05, 4.69) is 58.6 Å². The van der Waals surface area contributed by atoms with E-state index in [1.54, 1.807) is 17.8 Å². The van der Waals surface area contributed by atoms with Crippen molar-refractivity contribution in [1.82, 2.24) is 19.6 Å². The van der Waals surface area contributed by atoms with Crippen molar-refractivity contribution in [2.24, 2.45) is 0 Å². The van der Waals surface area contributed by atoms with Crippen LogP contribution in [0.15, 0.2) is 58.5 Å². The Bertz CT molecular complexity index is 1470. The van der Waals surface area contributed by atoms with E-state index in [0.717, 1.165) is 38.4 Å². The summed E-state index contributed by atoms with van der Waals surface area (Å²) in [6, 6.07) is 16.1. The van der Waals surface area contributed by atoms with Gasteiger partial charge < -0.3 is 4.98 Å². The van der Waals surface area contributed by atoms with Gasteiger partial charge in [0.05, 0.1) is 5.52 Å². The molecule has 0 aliphatic heterocycles. The smallest absolute Gasteiger partial charge is 0.248 e. The lowest BCUT2D eigenvalue weighted by atomic mass is 10.0. The van der Waals surface area contributed by atoms with E-state index >= 15 is 0 Å². The molecular formula is C23H20N4OS. The standard InChI is InChI=1S/C23H20N4OS/c1-13-8-9-14(2)21-18(13)10-15(3)22-25-26-23(27(21)22)29-12-16-11-20(28)24-19-7-5-4-6-17(16)19/h4-11H,12H2,1-3H3,(H,24,28). The second-order valence-electron chi connectivity index (χ2n) is 7.42. The normalized spacial score (nSPS) is 11.7. The number of aromatic amines is 1. The number of benzene rings is 2. The van der Waals surface area contributed by atoms with Crippen LogP contribution < -0.4 is 5.56 Å². The SMILES string of the molecule is Cc1ccc(C)c2c1cc(C)c1nnc(SCc3cc(=O)[nH]c4ccccc34)n12. The van der Waals surface area contributed by atoms with Gasteiger partial charge in [-0.05, 0) is 55.2 Å². The number of fused-ring (bicyclic) bond motifs is 4. The molecule has 0 amide bonds. The van der Waals surface area contributed by atoms with E-state index in [4.69, 9.17) is 0 Å². The first kappa shape index (κ1) is 17.9. The summed E-state index contributed by atoms with van der Waals surface area (Å²) in [6.07, 6.45) is 0. The van der Waals surface area contributed by atoms with Gasteiger partial charge in [0.25, 0.3) is 0 Å². The molecule has 3 aromatic heterocycles.